The Balaban J connectivity index is 1.94. The molecule has 6 heteroatoms. The van der Waals surface area contributed by atoms with Gasteiger partial charge in [-0.15, -0.1) is 0 Å². The van der Waals surface area contributed by atoms with Gasteiger partial charge in [-0.25, -0.2) is 8.78 Å². The normalized spacial score (nSPS) is 30.2. The van der Waals surface area contributed by atoms with E-state index < -0.39 is 18.3 Å². The van der Waals surface area contributed by atoms with Gasteiger partial charge in [-0.1, -0.05) is 6.42 Å². The van der Waals surface area contributed by atoms with E-state index in [9.17, 15) is 18.7 Å². The summed E-state index contributed by atoms with van der Waals surface area (Å²) in [5.74, 6) is -0.640. The van der Waals surface area contributed by atoms with Crippen LogP contribution in [0.5, 0.6) is 0 Å². The molecule has 2 fully saturated rings. The second kappa shape index (κ2) is 6.80. The Bertz CT molecular complexity index is 337. The van der Waals surface area contributed by atoms with Crippen LogP contribution in [0.4, 0.5) is 8.78 Å². The van der Waals surface area contributed by atoms with Gasteiger partial charge < -0.3 is 10.4 Å². The topological polar surface area (TPSA) is 52.6 Å². The van der Waals surface area contributed by atoms with E-state index in [4.69, 9.17) is 0 Å². The van der Waals surface area contributed by atoms with Crippen molar-refractivity contribution in [3.63, 3.8) is 0 Å². The summed E-state index contributed by atoms with van der Waals surface area (Å²) in [4.78, 5) is 13.4. The van der Waals surface area contributed by atoms with Crippen molar-refractivity contribution in [2.24, 2.45) is 11.8 Å². The number of hydrogen-bond donors (Lipinski definition) is 2. The number of nitrogens with one attached hydrogen (secondary N) is 1. The standard InChI is InChI=1S/C14H24F2N2O2/c1-9(10-3-2-4-10)18-7-11(14(19)20)5-12(8-18)17-6-13(15)16/h9-13,17H,2-8H2,1H3,(H,19,20). The molecule has 0 aromatic rings. The first-order valence-electron chi connectivity index (χ1n) is 7.45. The fraction of sp³-hybridized carbons (Fsp3) is 0.929. The molecule has 116 valence electrons. The van der Waals surface area contributed by atoms with Crippen LogP contribution in [-0.4, -0.2) is 54.1 Å². The van der Waals surface area contributed by atoms with E-state index in [-0.39, 0.29) is 12.6 Å². The van der Waals surface area contributed by atoms with Gasteiger partial charge in [0.2, 0.25) is 0 Å². The van der Waals surface area contributed by atoms with Crippen molar-refractivity contribution in [2.75, 3.05) is 19.6 Å². The molecule has 1 saturated heterocycles. The number of carboxylic acids is 1. The number of halogens is 2. The van der Waals surface area contributed by atoms with Gasteiger partial charge in [0.25, 0.3) is 6.43 Å². The number of rotatable bonds is 6. The van der Waals surface area contributed by atoms with E-state index >= 15 is 0 Å². The molecule has 2 aliphatic rings. The second-order valence-electron chi connectivity index (χ2n) is 6.15. The Morgan fingerprint density at radius 2 is 2.10 bits per heavy atom. The predicted molar refractivity (Wildman–Crippen MR) is 71.9 cm³/mol. The summed E-state index contributed by atoms with van der Waals surface area (Å²) < 4.78 is 24.6. The monoisotopic (exact) mass is 290 g/mol. The third kappa shape index (κ3) is 3.88. The van der Waals surface area contributed by atoms with Crippen molar-refractivity contribution in [3.05, 3.63) is 0 Å². The van der Waals surface area contributed by atoms with Gasteiger partial charge in [0, 0.05) is 25.2 Å². The Kier molecular flexibility index (Phi) is 5.32. The van der Waals surface area contributed by atoms with E-state index in [2.05, 4.69) is 17.1 Å². The largest absolute Gasteiger partial charge is 0.481 e. The molecule has 3 unspecified atom stereocenters. The van der Waals surface area contributed by atoms with Crippen LogP contribution in [0.1, 0.15) is 32.6 Å². The molecule has 3 atom stereocenters. The van der Waals surface area contributed by atoms with E-state index in [1.807, 2.05) is 0 Å². The van der Waals surface area contributed by atoms with E-state index in [1.165, 1.54) is 19.3 Å². The quantitative estimate of drug-likeness (QED) is 0.783. The van der Waals surface area contributed by atoms with Crippen LogP contribution >= 0.6 is 0 Å². The summed E-state index contributed by atoms with van der Waals surface area (Å²) in [5.41, 5.74) is 0. The molecule has 1 heterocycles. The first-order valence-corrected chi connectivity index (χ1v) is 7.45. The maximum absolute atomic E-state index is 12.3. The Morgan fingerprint density at radius 1 is 1.40 bits per heavy atom. The zero-order valence-electron chi connectivity index (χ0n) is 11.9. The lowest BCUT2D eigenvalue weighted by Gasteiger charge is -2.44. The number of carbonyl (C=O) groups is 1. The van der Waals surface area contributed by atoms with Crippen LogP contribution in [0.15, 0.2) is 0 Å². The molecule has 0 aromatic heterocycles. The van der Waals surface area contributed by atoms with Crippen molar-refractivity contribution in [2.45, 2.75) is 51.1 Å². The molecule has 0 aromatic carbocycles. The predicted octanol–water partition coefficient (Wildman–Crippen LogP) is 1.80. The lowest BCUT2D eigenvalue weighted by Crippen LogP contribution is -2.56. The molecule has 20 heavy (non-hydrogen) atoms. The molecular weight excluding hydrogens is 266 g/mol. The Hall–Kier alpha value is -0.750. The zero-order chi connectivity index (χ0) is 14.7. The number of nitrogens with zero attached hydrogens (tertiary/aromatic N) is 1. The molecule has 1 aliphatic carbocycles. The van der Waals surface area contributed by atoms with Gasteiger partial charge >= 0.3 is 5.97 Å². The van der Waals surface area contributed by atoms with Crippen LogP contribution < -0.4 is 5.32 Å². The van der Waals surface area contributed by atoms with Gasteiger partial charge in [0.05, 0.1) is 12.5 Å². The van der Waals surface area contributed by atoms with Gasteiger partial charge in [-0.2, -0.15) is 0 Å². The van der Waals surface area contributed by atoms with Crippen molar-refractivity contribution in [1.82, 2.24) is 10.2 Å². The van der Waals surface area contributed by atoms with E-state index in [0.29, 0.717) is 31.5 Å². The molecule has 1 saturated carbocycles. The molecule has 0 amide bonds. The van der Waals surface area contributed by atoms with Crippen LogP contribution in [0.25, 0.3) is 0 Å². The minimum atomic E-state index is -2.39. The molecular formula is C14H24F2N2O2. The number of piperidine rings is 1. The van der Waals surface area contributed by atoms with Crippen molar-refractivity contribution >= 4 is 5.97 Å². The van der Waals surface area contributed by atoms with Crippen LogP contribution in [0, 0.1) is 11.8 Å². The molecule has 2 rings (SSSR count). The zero-order valence-corrected chi connectivity index (χ0v) is 11.9. The number of hydrogen-bond acceptors (Lipinski definition) is 3. The molecule has 0 radical (unpaired) electrons. The van der Waals surface area contributed by atoms with Gasteiger partial charge in [0.15, 0.2) is 0 Å². The highest BCUT2D eigenvalue weighted by molar-refractivity contribution is 5.70. The van der Waals surface area contributed by atoms with Crippen LogP contribution in [0.3, 0.4) is 0 Å². The minimum absolute atomic E-state index is 0.152. The minimum Gasteiger partial charge on any atom is -0.481 e. The number of carboxylic acid groups (broad SMARTS) is 1. The number of likely N-dealkylation sites (tertiary alicyclic amines) is 1. The highest BCUT2D eigenvalue weighted by Crippen LogP contribution is 2.33. The van der Waals surface area contributed by atoms with Crippen LogP contribution in [-0.2, 0) is 4.79 Å². The fourth-order valence-corrected chi connectivity index (χ4v) is 3.27. The second-order valence-corrected chi connectivity index (χ2v) is 6.15. The Morgan fingerprint density at radius 3 is 2.60 bits per heavy atom. The smallest absolute Gasteiger partial charge is 0.307 e. The van der Waals surface area contributed by atoms with Gasteiger partial charge in [0.1, 0.15) is 0 Å². The van der Waals surface area contributed by atoms with Crippen molar-refractivity contribution < 1.29 is 18.7 Å². The maximum atomic E-state index is 12.3. The fourth-order valence-electron chi connectivity index (χ4n) is 3.27. The third-order valence-corrected chi connectivity index (χ3v) is 4.80. The molecule has 0 bridgehead atoms. The average Bonchev–Trinajstić information content (AvgIpc) is 2.33. The third-order valence-electron chi connectivity index (χ3n) is 4.80. The molecule has 1 aliphatic heterocycles. The average molecular weight is 290 g/mol. The molecule has 2 N–H and O–H groups in total. The first-order chi connectivity index (χ1) is 9.47. The van der Waals surface area contributed by atoms with Crippen molar-refractivity contribution in [3.8, 4) is 0 Å². The maximum Gasteiger partial charge on any atom is 0.307 e. The molecule has 4 nitrogen and oxygen atoms in total. The van der Waals surface area contributed by atoms with Gasteiger partial charge in [-0.3, -0.25) is 9.69 Å². The summed E-state index contributed by atoms with van der Waals surface area (Å²) in [6.07, 6.45) is 1.70. The van der Waals surface area contributed by atoms with E-state index in [1.54, 1.807) is 0 Å². The number of alkyl halides is 2. The summed E-state index contributed by atoms with van der Waals surface area (Å²) in [6, 6.07) is 0.197. The van der Waals surface area contributed by atoms with Crippen LogP contribution in [0.2, 0.25) is 0 Å². The summed E-state index contributed by atoms with van der Waals surface area (Å²) in [6.45, 7) is 2.99. The number of aliphatic carboxylic acids is 1. The highest BCUT2D eigenvalue weighted by atomic mass is 19.3. The summed E-state index contributed by atoms with van der Waals surface area (Å²) >= 11 is 0. The van der Waals surface area contributed by atoms with E-state index in [0.717, 1.165) is 0 Å². The first kappa shape index (κ1) is 15.6. The summed E-state index contributed by atoms with van der Waals surface area (Å²) in [7, 11) is 0. The highest BCUT2D eigenvalue weighted by Gasteiger charge is 2.37. The Labute approximate surface area is 118 Å². The van der Waals surface area contributed by atoms with Crippen molar-refractivity contribution in [1.29, 1.82) is 0 Å². The van der Waals surface area contributed by atoms with Gasteiger partial charge in [-0.05, 0) is 32.1 Å². The lowest BCUT2D eigenvalue weighted by molar-refractivity contribution is -0.144. The summed E-state index contributed by atoms with van der Waals surface area (Å²) in [5, 5.41) is 12.1. The molecule has 0 spiro atoms. The lowest BCUT2D eigenvalue weighted by atomic mass is 9.78. The SMILES string of the molecule is CC(C1CCC1)N1CC(NCC(F)F)CC(C(=O)O)C1.